The maximum atomic E-state index is 10.5. The van der Waals surface area contributed by atoms with Gasteiger partial charge in [-0.1, -0.05) is 23.2 Å². The Labute approximate surface area is 163 Å². The van der Waals surface area contributed by atoms with Gasteiger partial charge in [0, 0.05) is 0 Å². The third kappa shape index (κ3) is 8.47. The third-order valence-electron chi connectivity index (χ3n) is 2.84. The molecule has 1 N–H and O–H groups in total. The first-order valence-corrected chi connectivity index (χ1v) is 8.51. The number of ether oxygens (including phenoxy) is 2. The summed E-state index contributed by atoms with van der Waals surface area (Å²) in [5.41, 5.74) is -1.41. The van der Waals surface area contributed by atoms with Crippen LogP contribution >= 0.6 is 23.2 Å². The molecule has 142 valence electrons. The summed E-state index contributed by atoms with van der Waals surface area (Å²) in [6.07, 6.45) is 3.74. The van der Waals surface area contributed by atoms with Gasteiger partial charge in [-0.25, -0.2) is 9.97 Å². The highest BCUT2D eigenvalue weighted by molar-refractivity contribution is 6.29. The first-order chi connectivity index (χ1) is 12.1. The topological polar surface area (TPSA) is 81.5 Å². The van der Waals surface area contributed by atoms with E-state index in [0.717, 1.165) is 6.29 Å². The van der Waals surface area contributed by atoms with Crippen LogP contribution in [0.2, 0.25) is 10.3 Å². The summed E-state index contributed by atoms with van der Waals surface area (Å²) < 4.78 is 10.8. The lowest BCUT2D eigenvalue weighted by Gasteiger charge is -2.23. The Kier molecular flexibility index (Phi) is 8.27. The molecule has 0 aliphatic rings. The first kappa shape index (κ1) is 22.2. The van der Waals surface area contributed by atoms with Gasteiger partial charge < -0.3 is 14.6 Å². The van der Waals surface area contributed by atoms with Gasteiger partial charge in [0.15, 0.2) is 11.9 Å². The molecule has 0 fully saturated rings. The van der Waals surface area contributed by atoms with Crippen LogP contribution < -0.4 is 9.47 Å². The van der Waals surface area contributed by atoms with E-state index in [0.29, 0.717) is 21.8 Å². The van der Waals surface area contributed by atoms with Gasteiger partial charge in [0.05, 0.1) is 19.0 Å². The number of nitrogens with zero attached hydrogens (tertiary/aromatic N) is 2. The quantitative estimate of drug-likeness (QED) is 0.583. The average molecular weight is 401 g/mol. The van der Waals surface area contributed by atoms with Gasteiger partial charge in [0.2, 0.25) is 0 Å². The molecule has 0 spiro atoms. The van der Waals surface area contributed by atoms with E-state index in [2.05, 4.69) is 9.97 Å². The van der Waals surface area contributed by atoms with Crippen molar-refractivity contribution in [2.24, 2.45) is 0 Å². The maximum absolute atomic E-state index is 10.5. The number of pyridine rings is 2. The lowest BCUT2D eigenvalue weighted by atomic mass is 10.1. The van der Waals surface area contributed by atoms with Crippen molar-refractivity contribution in [3.63, 3.8) is 0 Å². The molecule has 2 aromatic heterocycles. The summed E-state index contributed by atoms with van der Waals surface area (Å²) in [7, 11) is 0. The number of hydrogen-bond donors (Lipinski definition) is 1. The number of halogens is 2. The second kappa shape index (κ2) is 9.71. The molecule has 0 aliphatic heterocycles. The predicted octanol–water partition coefficient (Wildman–Crippen LogP) is 3.98. The lowest BCUT2D eigenvalue weighted by molar-refractivity contribution is -0.119. The minimum Gasteiger partial charge on any atom is -0.484 e. The van der Waals surface area contributed by atoms with Crippen LogP contribution in [0.15, 0.2) is 36.7 Å². The largest absolute Gasteiger partial charge is 0.484 e. The van der Waals surface area contributed by atoms with Crippen LogP contribution in [0.4, 0.5) is 0 Å². The molecular weight excluding hydrogens is 379 g/mol. The van der Waals surface area contributed by atoms with E-state index in [1.54, 1.807) is 52.0 Å². The second-order valence-electron chi connectivity index (χ2n) is 6.48. The molecule has 0 radical (unpaired) electrons. The maximum Gasteiger partial charge on any atom is 0.162 e. The molecule has 0 saturated carbocycles. The van der Waals surface area contributed by atoms with Gasteiger partial charge in [-0.05, 0) is 52.0 Å². The molecule has 0 saturated heterocycles. The molecule has 26 heavy (non-hydrogen) atoms. The summed E-state index contributed by atoms with van der Waals surface area (Å²) >= 11 is 11.2. The van der Waals surface area contributed by atoms with Crippen molar-refractivity contribution in [2.75, 3.05) is 6.61 Å². The highest BCUT2D eigenvalue weighted by Crippen LogP contribution is 2.18. The summed E-state index contributed by atoms with van der Waals surface area (Å²) in [4.78, 5) is 18.2. The van der Waals surface area contributed by atoms with Gasteiger partial charge in [0.25, 0.3) is 0 Å². The fourth-order valence-electron chi connectivity index (χ4n) is 1.52. The monoisotopic (exact) mass is 400 g/mol. The molecule has 0 bridgehead atoms. The lowest BCUT2D eigenvalue weighted by Crippen LogP contribution is -2.32. The average Bonchev–Trinajstić information content (AvgIpc) is 2.59. The SMILES string of the molecule is CC(C)(C=O)Oc1ccc(Cl)nc1.CC(C)(CO)Oc1ccc(Cl)nc1. The van der Waals surface area contributed by atoms with E-state index in [9.17, 15) is 4.79 Å². The molecule has 2 rings (SSSR count). The Morgan fingerprint density at radius 3 is 1.77 bits per heavy atom. The van der Waals surface area contributed by atoms with Crippen molar-refractivity contribution >= 4 is 29.5 Å². The number of aliphatic hydroxyl groups excluding tert-OH is 1. The number of aldehydes is 1. The van der Waals surface area contributed by atoms with Crippen LogP contribution in [0.3, 0.4) is 0 Å². The first-order valence-electron chi connectivity index (χ1n) is 7.75. The molecule has 0 aromatic carbocycles. The highest BCUT2D eigenvalue weighted by atomic mass is 35.5. The Morgan fingerprint density at radius 1 is 0.962 bits per heavy atom. The number of hydrogen-bond acceptors (Lipinski definition) is 6. The van der Waals surface area contributed by atoms with Gasteiger partial charge in [0.1, 0.15) is 27.4 Å². The molecule has 0 atom stereocenters. The number of carbonyl (C=O) groups is 1. The van der Waals surface area contributed by atoms with Crippen molar-refractivity contribution in [3.8, 4) is 11.5 Å². The smallest absolute Gasteiger partial charge is 0.162 e. The number of aromatic nitrogens is 2. The van der Waals surface area contributed by atoms with Gasteiger partial charge in [-0.15, -0.1) is 0 Å². The third-order valence-corrected chi connectivity index (χ3v) is 3.29. The van der Waals surface area contributed by atoms with E-state index in [1.807, 2.05) is 0 Å². The van der Waals surface area contributed by atoms with Crippen molar-refractivity contribution in [3.05, 3.63) is 47.0 Å². The van der Waals surface area contributed by atoms with Crippen LogP contribution in [0.5, 0.6) is 11.5 Å². The van der Waals surface area contributed by atoms with Gasteiger partial charge >= 0.3 is 0 Å². The van der Waals surface area contributed by atoms with Crippen LogP contribution in [-0.2, 0) is 4.79 Å². The van der Waals surface area contributed by atoms with E-state index >= 15 is 0 Å². The number of rotatable bonds is 6. The second-order valence-corrected chi connectivity index (χ2v) is 7.25. The molecule has 2 heterocycles. The predicted molar refractivity (Wildman–Crippen MR) is 101 cm³/mol. The highest BCUT2D eigenvalue weighted by Gasteiger charge is 2.18. The fourth-order valence-corrected chi connectivity index (χ4v) is 1.75. The van der Waals surface area contributed by atoms with Crippen LogP contribution in [0, 0.1) is 0 Å². The van der Waals surface area contributed by atoms with Gasteiger partial charge in [-0.3, -0.25) is 4.79 Å². The fraction of sp³-hybridized carbons (Fsp3) is 0.389. The molecule has 8 heteroatoms. The summed E-state index contributed by atoms with van der Waals surface area (Å²) in [6, 6.07) is 6.63. The van der Waals surface area contributed by atoms with E-state index in [-0.39, 0.29) is 6.61 Å². The Balaban J connectivity index is 0.000000260. The summed E-state index contributed by atoms with van der Waals surface area (Å²) in [5.74, 6) is 1.13. The normalized spacial score (nSPS) is 11.2. The molecule has 0 amide bonds. The van der Waals surface area contributed by atoms with Crippen LogP contribution in [-0.4, -0.2) is 39.2 Å². The van der Waals surface area contributed by atoms with Crippen molar-refractivity contribution in [1.29, 1.82) is 0 Å². The standard InChI is InChI=1S/C9H12ClNO2.C9H10ClNO2/c2*1-9(2,6-12)13-7-3-4-8(10)11-5-7/h3-5,12H,6H2,1-2H3;3-6H,1-2H3. The van der Waals surface area contributed by atoms with E-state index in [4.69, 9.17) is 37.8 Å². The summed E-state index contributed by atoms with van der Waals surface area (Å²) in [5, 5.41) is 9.76. The van der Waals surface area contributed by atoms with Crippen LogP contribution in [0.25, 0.3) is 0 Å². The summed E-state index contributed by atoms with van der Waals surface area (Å²) in [6.45, 7) is 6.89. The minimum atomic E-state index is -0.824. The molecule has 6 nitrogen and oxygen atoms in total. The van der Waals surface area contributed by atoms with Crippen molar-refractivity contribution < 1.29 is 19.4 Å². The van der Waals surface area contributed by atoms with Gasteiger partial charge in [-0.2, -0.15) is 0 Å². The van der Waals surface area contributed by atoms with Crippen molar-refractivity contribution in [1.82, 2.24) is 9.97 Å². The zero-order chi connectivity index (χ0) is 19.8. The molecule has 2 aromatic rings. The van der Waals surface area contributed by atoms with Crippen LogP contribution in [0.1, 0.15) is 27.7 Å². The minimum absolute atomic E-state index is 0.0460. The van der Waals surface area contributed by atoms with Crippen molar-refractivity contribution in [2.45, 2.75) is 38.9 Å². The zero-order valence-corrected chi connectivity index (χ0v) is 16.6. The molecule has 0 aliphatic carbocycles. The van der Waals surface area contributed by atoms with E-state index < -0.39 is 11.2 Å². The van der Waals surface area contributed by atoms with E-state index in [1.165, 1.54) is 12.4 Å². The molecular formula is C18H22Cl2N2O4. The Morgan fingerprint density at radius 2 is 1.42 bits per heavy atom. The number of carbonyl (C=O) groups excluding carboxylic acids is 1. The molecule has 0 unspecified atom stereocenters. The Bertz CT molecular complexity index is 689. The Hall–Kier alpha value is -1.89. The number of aliphatic hydroxyl groups is 1. The zero-order valence-electron chi connectivity index (χ0n) is 15.1.